The van der Waals surface area contributed by atoms with Gasteiger partial charge in [0.25, 0.3) is 0 Å². The topological polar surface area (TPSA) is 55.5 Å². The number of aryl methyl sites for hydroxylation is 1. The summed E-state index contributed by atoms with van der Waals surface area (Å²) in [6.45, 7) is 2.44. The molecular weight excluding hydrogens is 330 g/mol. The number of hydrogen-bond acceptors (Lipinski definition) is 3. The Labute approximate surface area is 137 Å². The monoisotopic (exact) mass is 355 g/mol. The summed E-state index contributed by atoms with van der Waals surface area (Å²) in [6, 6.07) is 4.03. The van der Waals surface area contributed by atoms with E-state index in [1.165, 1.54) is 32.1 Å². The largest absolute Gasteiger partial charge is 0.507 e. The van der Waals surface area contributed by atoms with Gasteiger partial charge in [-0.3, -0.25) is 0 Å². The van der Waals surface area contributed by atoms with Gasteiger partial charge >= 0.3 is 0 Å². The van der Waals surface area contributed by atoms with Gasteiger partial charge in [-0.15, -0.1) is 17.0 Å². The molecule has 118 valence electrons. The minimum absolute atomic E-state index is 0. The summed E-state index contributed by atoms with van der Waals surface area (Å²) in [4.78, 5) is 0. The quantitative estimate of drug-likeness (QED) is 0.848. The predicted molar refractivity (Wildman–Crippen MR) is 90.1 cm³/mol. The number of benzene rings is 1. The van der Waals surface area contributed by atoms with Crippen molar-refractivity contribution in [1.82, 2.24) is 0 Å². The Morgan fingerprint density at radius 2 is 1.95 bits per heavy atom. The van der Waals surface area contributed by atoms with Crippen LogP contribution in [0.2, 0.25) is 0 Å². The Balaban J connectivity index is 0.00000161. The van der Waals surface area contributed by atoms with Crippen LogP contribution in [-0.2, 0) is 11.2 Å². The number of aromatic hydroxyl groups is 1. The van der Waals surface area contributed by atoms with Crippen molar-refractivity contribution in [2.75, 3.05) is 6.54 Å². The predicted octanol–water partition coefficient (Wildman–Crippen LogP) is 3.80. The highest BCUT2D eigenvalue weighted by atomic mass is 79.9. The third-order valence-electron chi connectivity index (χ3n) is 5.00. The van der Waals surface area contributed by atoms with Crippen LogP contribution in [0.1, 0.15) is 54.9 Å². The highest BCUT2D eigenvalue weighted by Gasteiger charge is 2.34. The van der Waals surface area contributed by atoms with Gasteiger partial charge in [-0.25, -0.2) is 0 Å². The van der Waals surface area contributed by atoms with Crippen molar-refractivity contribution in [2.24, 2.45) is 11.7 Å². The van der Waals surface area contributed by atoms with Gasteiger partial charge in [0.15, 0.2) is 0 Å². The van der Waals surface area contributed by atoms with Gasteiger partial charge in [0.05, 0.1) is 12.2 Å². The van der Waals surface area contributed by atoms with Gasteiger partial charge in [-0.2, -0.15) is 0 Å². The van der Waals surface area contributed by atoms with Crippen LogP contribution in [0.5, 0.6) is 5.75 Å². The highest BCUT2D eigenvalue weighted by Crippen LogP contribution is 2.41. The molecule has 0 amide bonds. The fourth-order valence-electron chi connectivity index (χ4n) is 3.79. The Bertz CT molecular complexity index is 486. The second-order valence-electron chi connectivity index (χ2n) is 6.30. The van der Waals surface area contributed by atoms with Crippen LogP contribution in [0.3, 0.4) is 0 Å². The van der Waals surface area contributed by atoms with E-state index in [9.17, 15) is 5.11 Å². The molecule has 0 saturated heterocycles. The molecule has 1 aliphatic carbocycles. The molecule has 2 aliphatic rings. The maximum Gasteiger partial charge on any atom is 0.122 e. The first kappa shape index (κ1) is 16.8. The number of phenolic OH excluding ortho intramolecular Hbond substituents is 1. The van der Waals surface area contributed by atoms with E-state index in [2.05, 4.69) is 6.07 Å². The molecule has 21 heavy (non-hydrogen) atoms. The van der Waals surface area contributed by atoms with Crippen molar-refractivity contribution in [1.29, 1.82) is 0 Å². The second-order valence-corrected chi connectivity index (χ2v) is 6.30. The SMILES string of the molecule is Br.Cc1ccc2c(c1O)CC(C1CCCCC1)OC2CN. The smallest absolute Gasteiger partial charge is 0.122 e. The lowest BCUT2D eigenvalue weighted by Gasteiger charge is -2.38. The summed E-state index contributed by atoms with van der Waals surface area (Å²) in [5.74, 6) is 1.08. The molecule has 2 atom stereocenters. The summed E-state index contributed by atoms with van der Waals surface area (Å²) in [5.41, 5.74) is 9.00. The van der Waals surface area contributed by atoms with Gasteiger partial charge in [-0.05, 0) is 36.8 Å². The molecule has 4 heteroatoms. The molecule has 3 rings (SSSR count). The Kier molecular flexibility index (Phi) is 5.69. The van der Waals surface area contributed by atoms with Gasteiger partial charge < -0.3 is 15.6 Å². The first-order valence-electron chi connectivity index (χ1n) is 7.87. The molecular formula is C17H26BrNO2. The first-order chi connectivity index (χ1) is 9.70. The number of nitrogens with two attached hydrogens (primary N) is 1. The lowest BCUT2D eigenvalue weighted by Crippen LogP contribution is -2.36. The average molecular weight is 356 g/mol. The minimum Gasteiger partial charge on any atom is -0.507 e. The zero-order valence-corrected chi connectivity index (χ0v) is 14.4. The van der Waals surface area contributed by atoms with Crippen molar-refractivity contribution >= 4 is 17.0 Å². The highest BCUT2D eigenvalue weighted by molar-refractivity contribution is 8.93. The molecule has 0 spiro atoms. The number of ether oxygens (including phenoxy) is 1. The molecule has 0 radical (unpaired) electrons. The number of hydrogen-bond donors (Lipinski definition) is 2. The van der Waals surface area contributed by atoms with E-state index in [4.69, 9.17) is 10.5 Å². The first-order valence-corrected chi connectivity index (χ1v) is 7.87. The zero-order valence-electron chi connectivity index (χ0n) is 12.7. The standard InChI is InChI=1S/C17H25NO2.BrH/c1-11-7-8-13-14(17(11)19)9-15(20-16(13)10-18)12-5-3-2-4-6-12;/h7-8,12,15-16,19H,2-6,9-10,18H2,1H3;1H. The molecule has 1 saturated carbocycles. The lowest BCUT2D eigenvalue weighted by atomic mass is 9.80. The summed E-state index contributed by atoms with van der Waals surface area (Å²) in [6.07, 6.45) is 7.48. The molecule has 2 unspecified atom stereocenters. The average Bonchev–Trinajstić information content (AvgIpc) is 2.51. The van der Waals surface area contributed by atoms with Gasteiger partial charge in [0, 0.05) is 18.5 Å². The van der Waals surface area contributed by atoms with Crippen molar-refractivity contribution in [3.05, 3.63) is 28.8 Å². The van der Waals surface area contributed by atoms with E-state index in [0.29, 0.717) is 18.2 Å². The zero-order chi connectivity index (χ0) is 14.1. The molecule has 0 aromatic heterocycles. The number of phenols is 1. The van der Waals surface area contributed by atoms with Gasteiger partial charge in [0.1, 0.15) is 5.75 Å². The number of halogens is 1. The van der Waals surface area contributed by atoms with Crippen molar-refractivity contribution in [3.8, 4) is 5.75 Å². The number of fused-ring (bicyclic) bond motifs is 1. The molecule has 1 aliphatic heterocycles. The van der Waals surface area contributed by atoms with E-state index >= 15 is 0 Å². The van der Waals surface area contributed by atoms with Crippen LogP contribution in [0.15, 0.2) is 12.1 Å². The van der Waals surface area contributed by atoms with Crippen LogP contribution >= 0.6 is 17.0 Å². The van der Waals surface area contributed by atoms with Gasteiger partial charge in [-0.1, -0.05) is 31.4 Å². The van der Waals surface area contributed by atoms with E-state index in [0.717, 1.165) is 23.1 Å². The fourth-order valence-corrected chi connectivity index (χ4v) is 3.79. The van der Waals surface area contributed by atoms with Gasteiger partial charge in [0.2, 0.25) is 0 Å². The Morgan fingerprint density at radius 1 is 1.24 bits per heavy atom. The summed E-state index contributed by atoms with van der Waals surface area (Å²) in [7, 11) is 0. The Morgan fingerprint density at radius 3 is 2.62 bits per heavy atom. The Hall–Kier alpha value is -0.580. The third kappa shape index (κ3) is 3.27. The maximum absolute atomic E-state index is 10.4. The maximum atomic E-state index is 10.4. The second kappa shape index (κ2) is 7.12. The molecule has 1 aromatic rings. The summed E-state index contributed by atoms with van der Waals surface area (Å²) in [5, 5.41) is 10.4. The molecule has 1 heterocycles. The molecule has 3 nitrogen and oxygen atoms in total. The van der Waals surface area contributed by atoms with E-state index in [-0.39, 0.29) is 29.2 Å². The summed E-state index contributed by atoms with van der Waals surface area (Å²) >= 11 is 0. The van der Waals surface area contributed by atoms with E-state index < -0.39 is 0 Å². The lowest BCUT2D eigenvalue weighted by molar-refractivity contribution is -0.0595. The van der Waals surface area contributed by atoms with Crippen LogP contribution in [0, 0.1) is 12.8 Å². The van der Waals surface area contributed by atoms with Crippen molar-refractivity contribution in [2.45, 2.75) is 57.7 Å². The minimum atomic E-state index is -0.0582. The van der Waals surface area contributed by atoms with Crippen LogP contribution in [0.4, 0.5) is 0 Å². The van der Waals surface area contributed by atoms with Crippen LogP contribution < -0.4 is 5.73 Å². The van der Waals surface area contributed by atoms with Crippen molar-refractivity contribution in [3.63, 3.8) is 0 Å². The molecule has 1 fully saturated rings. The fraction of sp³-hybridized carbons (Fsp3) is 0.647. The van der Waals surface area contributed by atoms with Crippen LogP contribution in [0.25, 0.3) is 0 Å². The van der Waals surface area contributed by atoms with Crippen molar-refractivity contribution < 1.29 is 9.84 Å². The summed E-state index contributed by atoms with van der Waals surface area (Å²) < 4.78 is 6.26. The third-order valence-corrected chi connectivity index (χ3v) is 5.00. The normalized spacial score (nSPS) is 26.0. The van der Waals surface area contributed by atoms with Crippen LogP contribution in [-0.4, -0.2) is 17.8 Å². The molecule has 3 N–H and O–H groups in total. The molecule has 1 aromatic carbocycles. The van der Waals surface area contributed by atoms with E-state index in [1.54, 1.807) is 0 Å². The molecule has 0 bridgehead atoms. The van der Waals surface area contributed by atoms with E-state index in [1.807, 2.05) is 13.0 Å². The number of rotatable bonds is 2.